The molecule has 0 saturated heterocycles. The van der Waals surface area contributed by atoms with Crippen molar-refractivity contribution in [3.8, 4) is 6.01 Å². The number of nitrogens with zero attached hydrogens (tertiary/aromatic N) is 3. The van der Waals surface area contributed by atoms with Gasteiger partial charge in [-0.05, 0) is 24.6 Å². The second-order valence-electron chi connectivity index (χ2n) is 3.83. The van der Waals surface area contributed by atoms with E-state index in [2.05, 4.69) is 25.6 Å². The second kappa shape index (κ2) is 5.47. The summed E-state index contributed by atoms with van der Waals surface area (Å²) in [6, 6.07) is 5.00. The molecule has 0 amide bonds. The Morgan fingerprint density at radius 3 is 2.53 bits per heavy atom. The minimum absolute atomic E-state index is 0.148. The van der Waals surface area contributed by atoms with E-state index in [4.69, 9.17) is 4.74 Å². The number of hydrogen-bond acceptors (Lipinski definition) is 6. The first-order chi connectivity index (χ1) is 9.12. The molecule has 0 aliphatic rings. The normalized spacial score (nSPS) is 10.1. The van der Waals surface area contributed by atoms with Gasteiger partial charge in [0, 0.05) is 7.05 Å². The molecule has 0 aliphatic heterocycles. The van der Waals surface area contributed by atoms with Gasteiger partial charge in [0.1, 0.15) is 5.82 Å². The van der Waals surface area contributed by atoms with E-state index in [-0.39, 0.29) is 17.8 Å². The molecule has 1 heterocycles. The van der Waals surface area contributed by atoms with Gasteiger partial charge in [-0.3, -0.25) is 0 Å². The number of benzene rings is 1. The number of aryl methyl sites for hydroxylation is 1. The van der Waals surface area contributed by atoms with Gasteiger partial charge in [-0.25, -0.2) is 4.39 Å². The van der Waals surface area contributed by atoms with Crippen LogP contribution in [0.5, 0.6) is 6.01 Å². The van der Waals surface area contributed by atoms with Gasteiger partial charge in [-0.2, -0.15) is 15.0 Å². The van der Waals surface area contributed by atoms with E-state index in [0.717, 1.165) is 5.56 Å². The van der Waals surface area contributed by atoms with Gasteiger partial charge in [0.25, 0.3) is 0 Å². The first-order valence-electron chi connectivity index (χ1n) is 5.63. The summed E-state index contributed by atoms with van der Waals surface area (Å²) in [5.41, 5.74) is 1.13. The van der Waals surface area contributed by atoms with Crippen molar-refractivity contribution in [3.63, 3.8) is 0 Å². The topological polar surface area (TPSA) is 72.0 Å². The van der Waals surface area contributed by atoms with Crippen LogP contribution in [0.4, 0.5) is 22.0 Å². The lowest BCUT2D eigenvalue weighted by Gasteiger charge is -2.08. The van der Waals surface area contributed by atoms with Crippen LogP contribution in [0.1, 0.15) is 5.56 Å². The van der Waals surface area contributed by atoms with Crippen molar-refractivity contribution >= 4 is 17.6 Å². The largest absolute Gasteiger partial charge is 0.467 e. The van der Waals surface area contributed by atoms with Crippen molar-refractivity contribution < 1.29 is 9.13 Å². The fourth-order valence-electron chi connectivity index (χ4n) is 1.46. The number of halogens is 1. The Balaban J connectivity index is 2.31. The zero-order valence-electron chi connectivity index (χ0n) is 10.9. The van der Waals surface area contributed by atoms with Crippen LogP contribution in [0.15, 0.2) is 18.2 Å². The van der Waals surface area contributed by atoms with Gasteiger partial charge in [0.2, 0.25) is 11.9 Å². The van der Waals surface area contributed by atoms with Gasteiger partial charge < -0.3 is 15.4 Å². The Hall–Kier alpha value is -2.44. The van der Waals surface area contributed by atoms with E-state index in [1.165, 1.54) is 13.2 Å². The van der Waals surface area contributed by atoms with Gasteiger partial charge in [-0.15, -0.1) is 0 Å². The van der Waals surface area contributed by atoms with Crippen molar-refractivity contribution in [1.29, 1.82) is 0 Å². The van der Waals surface area contributed by atoms with Crippen molar-refractivity contribution in [2.24, 2.45) is 0 Å². The number of nitrogens with one attached hydrogen (secondary N) is 2. The molecule has 0 saturated carbocycles. The third-order valence-corrected chi connectivity index (χ3v) is 2.39. The van der Waals surface area contributed by atoms with E-state index in [0.29, 0.717) is 11.6 Å². The fraction of sp³-hybridized carbons (Fsp3) is 0.250. The molecule has 100 valence electrons. The first kappa shape index (κ1) is 13.0. The fourth-order valence-corrected chi connectivity index (χ4v) is 1.46. The minimum atomic E-state index is -0.370. The molecule has 0 spiro atoms. The maximum Gasteiger partial charge on any atom is 0.322 e. The highest BCUT2D eigenvalue weighted by Crippen LogP contribution is 2.20. The molecule has 2 N–H and O–H groups in total. The lowest BCUT2D eigenvalue weighted by Crippen LogP contribution is -2.06. The van der Waals surface area contributed by atoms with Crippen LogP contribution in [0.25, 0.3) is 0 Å². The number of ether oxygens (including phenoxy) is 1. The predicted octanol–water partition coefficient (Wildman–Crippen LogP) is 2.11. The number of methoxy groups -OCH3 is 1. The number of rotatable bonds is 4. The van der Waals surface area contributed by atoms with Crippen LogP contribution in [-0.4, -0.2) is 29.1 Å². The highest BCUT2D eigenvalue weighted by molar-refractivity contribution is 5.55. The van der Waals surface area contributed by atoms with Gasteiger partial charge in [-0.1, -0.05) is 6.07 Å². The Morgan fingerprint density at radius 1 is 1.16 bits per heavy atom. The number of anilines is 3. The molecule has 0 radical (unpaired) electrons. The average molecular weight is 263 g/mol. The maximum absolute atomic E-state index is 13.7. The lowest BCUT2D eigenvalue weighted by atomic mass is 10.2. The predicted molar refractivity (Wildman–Crippen MR) is 70.3 cm³/mol. The Kier molecular flexibility index (Phi) is 3.74. The molecule has 0 atom stereocenters. The van der Waals surface area contributed by atoms with Crippen LogP contribution in [-0.2, 0) is 0 Å². The van der Waals surface area contributed by atoms with Crippen LogP contribution < -0.4 is 15.4 Å². The van der Waals surface area contributed by atoms with Crippen molar-refractivity contribution in [3.05, 3.63) is 29.6 Å². The lowest BCUT2D eigenvalue weighted by molar-refractivity contribution is 0.379. The zero-order chi connectivity index (χ0) is 13.8. The van der Waals surface area contributed by atoms with Crippen molar-refractivity contribution in [2.45, 2.75) is 6.92 Å². The summed E-state index contributed by atoms with van der Waals surface area (Å²) in [4.78, 5) is 12.0. The molecule has 2 aromatic rings. The number of aromatic nitrogens is 3. The van der Waals surface area contributed by atoms with Gasteiger partial charge >= 0.3 is 6.01 Å². The van der Waals surface area contributed by atoms with Crippen LogP contribution in [0.3, 0.4) is 0 Å². The van der Waals surface area contributed by atoms with E-state index in [9.17, 15) is 4.39 Å². The van der Waals surface area contributed by atoms with Gasteiger partial charge in [0.15, 0.2) is 0 Å². The molecule has 0 unspecified atom stereocenters. The highest BCUT2D eigenvalue weighted by Gasteiger charge is 2.08. The van der Waals surface area contributed by atoms with Crippen LogP contribution in [0, 0.1) is 12.7 Å². The molecular formula is C12H14FN5O. The zero-order valence-corrected chi connectivity index (χ0v) is 10.9. The van der Waals surface area contributed by atoms with E-state index in [1.807, 2.05) is 6.92 Å². The number of hydrogen-bond donors (Lipinski definition) is 2. The summed E-state index contributed by atoms with van der Waals surface area (Å²) in [6.07, 6.45) is 0. The highest BCUT2D eigenvalue weighted by atomic mass is 19.1. The summed E-state index contributed by atoms with van der Waals surface area (Å²) >= 11 is 0. The molecule has 19 heavy (non-hydrogen) atoms. The summed E-state index contributed by atoms with van der Waals surface area (Å²) in [7, 11) is 3.12. The molecule has 1 aromatic heterocycles. The molecule has 0 fully saturated rings. The Morgan fingerprint density at radius 2 is 1.89 bits per heavy atom. The summed E-state index contributed by atoms with van der Waals surface area (Å²) < 4.78 is 18.7. The monoisotopic (exact) mass is 263 g/mol. The van der Waals surface area contributed by atoms with E-state index >= 15 is 0 Å². The van der Waals surface area contributed by atoms with E-state index < -0.39 is 0 Å². The molecule has 0 aliphatic carbocycles. The Bertz CT molecular complexity index is 568. The van der Waals surface area contributed by atoms with Crippen molar-refractivity contribution in [2.75, 3.05) is 24.8 Å². The molecule has 7 heteroatoms. The second-order valence-corrected chi connectivity index (χ2v) is 3.83. The summed E-state index contributed by atoms with van der Waals surface area (Å²) in [6.45, 7) is 1.82. The van der Waals surface area contributed by atoms with Crippen LogP contribution >= 0.6 is 0 Å². The maximum atomic E-state index is 13.7. The van der Waals surface area contributed by atoms with Gasteiger partial charge in [0.05, 0.1) is 12.8 Å². The third-order valence-electron chi connectivity index (χ3n) is 2.39. The molecule has 2 rings (SSSR count). The molecule has 0 bridgehead atoms. The molecular weight excluding hydrogens is 249 g/mol. The minimum Gasteiger partial charge on any atom is -0.467 e. The SMILES string of the molecule is CNc1nc(Nc2ccc(C)cc2F)nc(OC)n1. The quantitative estimate of drug-likeness (QED) is 0.880. The van der Waals surface area contributed by atoms with Crippen LogP contribution in [0.2, 0.25) is 0 Å². The smallest absolute Gasteiger partial charge is 0.322 e. The standard InChI is InChI=1S/C12H14FN5O/c1-7-4-5-9(8(13)6-7)15-11-16-10(14-2)17-12(18-11)19-3/h4-6H,1-3H3,(H2,14,15,16,17,18). The summed E-state index contributed by atoms with van der Waals surface area (Å²) in [5, 5.41) is 5.57. The molecule has 1 aromatic carbocycles. The third kappa shape index (κ3) is 3.06. The molecule has 6 nitrogen and oxygen atoms in total. The Labute approximate surface area is 110 Å². The van der Waals surface area contributed by atoms with Crippen molar-refractivity contribution in [1.82, 2.24) is 15.0 Å². The summed E-state index contributed by atoms with van der Waals surface area (Å²) in [5.74, 6) is 0.172. The van der Waals surface area contributed by atoms with E-state index in [1.54, 1.807) is 19.2 Å². The average Bonchev–Trinajstić information content (AvgIpc) is 2.41. The first-order valence-corrected chi connectivity index (χ1v) is 5.63.